The van der Waals surface area contributed by atoms with Gasteiger partial charge in [0.2, 0.25) is 0 Å². The summed E-state index contributed by atoms with van der Waals surface area (Å²) in [5, 5.41) is 12.5. The molecule has 1 aromatic heterocycles. The average molecular weight is 346 g/mol. The van der Waals surface area contributed by atoms with Crippen LogP contribution in [0.2, 0.25) is 0 Å². The lowest BCUT2D eigenvalue weighted by molar-refractivity contribution is 0.106. The van der Waals surface area contributed by atoms with Crippen molar-refractivity contribution in [2.24, 2.45) is 0 Å². The third kappa shape index (κ3) is 3.88. The summed E-state index contributed by atoms with van der Waals surface area (Å²) in [5.41, 5.74) is 0.800. The Morgan fingerprint density at radius 1 is 1.08 bits per heavy atom. The zero-order valence-corrected chi connectivity index (χ0v) is 15.5. The van der Waals surface area contributed by atoms with Crippen molar-refractivity contribution in [1.29, 1.82) is 0 Å². The van der Waals surface area contributed by atoms with Crippen LogP contribution in [-0.2, 0) is 5.54 Å². The molecule has 1 aromatic carbocycles. The normalized spacial score (nSPS) is 18.4. The van der Waals surface area contributed by atoms with Gasteiger partial charge in [-0.05, 0) is 55.4 Å². The number of benzene rings is 1. The molecule has 136 valence electrons. The SMILES string of the molecule is CCN1CCN([C@H](c2ccc(F)cc2)c2nnnn2C(C)(C)C)CC1. The van der Waals surface area contributed by atoms with Crippen molar-refractivity contribution < 1.29 is 4.39 Å². The second-order valence-corrected chi connectivity index (χ2v) is 7.54. The number of likely N-dealkylation sites (N-methyl/N-ethyl adjacent to an activating group) is 1. The van der Waals surface area contributed by atoms with E-state index < -0.39 is 0 Å². The lowest BCUT2D eigenvalue weighted by Gasteiger charge is -2.39. The third-order valence-electron chi connectivity index (χ3n) is 4.78. The zero-order chi connectivity index (χ0) is 18.0. The molecule has 0 amide bonds. The van der Waals surface area contributed by atoms with Crippen LogP contribution in [0.3, 0.4) is 0 Å². The molecule has 2 heterocycles. The molecule has 1 aliphatic heterocycles. The molecule has 0 aliphatic carbocycles. The number of hydrogen-bond donors (Lipinski definition) is 0. The van der Waals surface area contributed by atoms with Crippen LogP contribution in [-0.4, -0.2) is 62.7 Å². The molecule has 25 heavy (non-hydrogen) atoms. The van der Waals surface area contributed by atoms with Crippen molar-refractivity contribution >= 4 is 0 Å². The third-order valence-corrected chi connectivity index (χ3v) is 4.78. The maximum absolute atomic E-state index is 13.4. The van der Waals surface area contributed by atoms with Crippen molar-refractivity contribution in [1.82, 2.24) is 30.0 Å². The highest BCUT2D eigenvalue weighted by molar-refractivity contribution is 5.26. The van der Waals surface area contributed by atoms with Gasteiger partial charge in [0.05, 0.1) is 11.6 Å². The highest BCUT2D eigenvalue weighted by atomic mass is 19.1. The molecule has 0 spiro atoms. The monoisotopic (exact) mass is 346 g/mol. The summed E-state index contributed by atoms with van der Waals surface area (Å²) >= 11 is 0. The smallest absolute Gasteiger partial charge is 0.173 e. The molecule has 2 aromatic rings. The molecule has 0 N–H and O–H groups in total. The average Bonchev–Trinajstić information content (AvgIpc) is 3.07. The van der Waals surface area contributed by atoms with E-state index in [1.165, 1.54) is 12.1 Å². The highest BCUT2D eigenvalue weighted by Gasteiger charge is 2.32. The standard InChI is InChI=1S/C18H27FN6/c1-5-23-10-12-24(13-11-23)16(14-6-8-15(19)9-7-14)17-20-21-22-25(17)18(2,3)4/h6-9,16H,5,10-13H2,1-4H3/t16-/m1/s1. The maximum Gasteiger partial charge on any atom is 0.173 e. The van der Waals surface area contributed by atoms with Gasteiger partial charge in [0.15, 0.2) is 5.82 Å². The Morgan fingerprint density at radius 2 is 1.72 bits per heavy atom. The molecule has 6 nitrogen and oxygen atoms in total. The fourth-order valence-electron chi connectivity index (χ4n) is 3.35. The van der Waals surface area contributed by atoms with Gasteiger partial charge in [-0.1, -0.05) is 19.1 Å². The van der Waals surface area contributed by atoms with Gasteiger partial charge >= 0.3 is 0 Å². The van der Waals surface area contributed by atoms with Crippen LogP contribution >= 0.6 is 0 Å². The predicted octanol–water partition coefficient (Wildman–Crippen LogP) is 2.29. The van der Waals surface area contributed by atoms with Gasteiger partial charge < -0.3 is 4.90 Å². The topological polar surface area (TPSA) is 50.1 Å². The quantitative estimate of drug-likeness (QED) is 0.850. The minimum absolute atomic E-state index is 0.0752. The van der Waals surface area contributed by atoms with Crippen molar-refractivity contribution in [2.45, 2.75) is 39.3 Å². The van der Waals surface area contributed by atoms with E-state index >= 15 is 0 Å². The van der Waals surface area contributed by atoms with Gasteiger partial charge in [-0.3, -0.25) is 4.90 Å². The van der Waals surface area contributed by atoms with Gasteiger partial charge in [0, 0.05) is 26.2 Å². The van der Waals surface area contributed by atoms with E-state index in [9.17, 15) is 4.39 Å². The molecular weight excluding hydrogens is 319 g/mol. The molecule has 1 aliphatic rings. The first-order chi connectivity index (χ1) is 11.9. The lowest BCUT2D eigenvalue weighted by atomic mass is 10.0. The highest BCUT2D eigenvalue weighted by Crippen LogP contribution is 2.30. The number of rotatable bonds is 4. The molecule has 0 unspecified atom stereocenters. The lowest BCUT2D eigenvalue weighted by Crippen LogP contribution is -2.48. The summed E-state index contributed by atoms with van der Waals surface area (Å²) in [7, 11) is 0. The van der Waals surface area contributed by atoms with Crippen LogP contribution in [0, 0.1) is 5.82 Å². The van der Waals surface area contributed by atoms with Crippen molar-refractivity contribution in [3.8, 4) is 0 Å². The molecule has 3 rings (SSSR count). The minimum atomic E-state index is -0.228. The maximum atomic E-state index is 13.4. The first-order valence-electron chi connectivity index (χ1n) is 8.90. The van der Waals surface area contributed by atoms with E-state index in [0.717, 1.165) is 44.1 Å². The fraction of sp³-hybridized carbons (Fsp3) is 0.611. The molecule has 1 atom stereocenters. The molecule has 0 bridgehead atoms. The minimum Gasteiger partial charge on any atom is -0.301 e. The first kappa shape index (κ1) is 17.9. The molecule has 1 saturated heterocycles. The zero-order valence-electron chi connectivity index (χ0n) is 15.5. The van der Waals surface area contributed by atoms with Gasteiger partial charge in [-0.2, -0.15) is 0 Å². The molecule has 1 fully saturated rings. The molecular formula is C18H27FN6. The van der Waals surface area contributed by atoms with E-state index in [4.69, 9.17) is 0 Å². The molecule has 0 radical (unpaired) electrons. The Balaban J connectivity index is 1.98. The summed E-state index contributed by atoms with van der Waals surface area (Å²) in [5.74, 6) is 0.581. The van der Waals surface area contributed by atoms with E-state index in [1.807, 2.05) is 16.8 Å². The summed E-state index contributed by atoms with van der Waals surface area (Å²) in [6.07, 6.45) is 0. The van der Waals surface area contributed by atoms with E-state index in [0.29, 0.717) is 0 Å². The number of piperazine rings is 1. The van der Waals surface area contributed by atoms with Crippen LogP contribution in [0.4, 0.5) is 4.39 Å². The van der Waals surface area contributed by atoms with Crippen LogP contribution < -0.4 is 0 Å². The van der Waals surface area contributed by atoms with Crippen LogP contribution in [0.1, 0.15) is 45.1 Å². The Hall–Kier alpha value is -1.86. The second kappa shape index (κ2) is 7.17. The Kier molecular flexibility index (Phi) is 5.15. The second-order valence-electron chi connectivity index (χ2n) is 7.54. The van der Waals surface area contributed by atoms with Crippen LogP contribution in [0.15, 0.2) is 24.3 Å². The summed E-state index contributed by atoms with van der Waals surface area (Å²) in [4.78, 5) is 4.83. The Morgan fingerprint density at radius 3 is 2.28 bits per heavy atom. The van der Waals surface area contributed by atoms with Crippen molar-refractivity contribution in [2.75, 3.05) is 32.7 Å². The van der Waals surface area contributed by atoms with Gasteiger partial charge in [0.1, 0.15) is 5.82 Å². The van der Waals surface area contributed by atoms with Crippen molar-refractivity contribution in [3.63, 3.8) is 0 Å². The Bertz CT molecular complexity index is 682. The largest absolute Gasteiger partial charge is 0.301 e. The summed E-state index contributed by atoms with van der Waals surface area (Å²) < 4.78 is 15.3. The summed E-state index contributed by atoms with van der Waals surface area (Å²) in [6.45, 7) is 13.4. The summed E-state index contributed by atoms with van der Waals surface area (Å²) in [6, 6.07) is 6.63. The van der Waals surface area contributed by atoms with E-state index in [2.05, 4.69) is 53.0 Å². The van der Waals surface area contributed by atoms with Crippen LogP contribution in [0.25, 0.3) is 0 Å². The van der Waals surface area contributed by atoms with E-state index in [-0.39, 0.29) is 17.4 Å². The number of tetrazole rings is 1. The van der Waals surface area contributed by atoms with Gasteiger partial charge in [0.25, 0.3) is 0 Å². The predicted molar refractivity (Wildman–Crippen MR) is 94.7 cm³/mol. The number of nitrogens with zero attached hydrogens (tertiary/aromatic N) is 6. The molecule has 7 heteroatoms. The van der Waals surface area contributed by atoms with Gasteiger partial charge in [-0.25, -0.2) is 9.07 Å². The number of aromatic nitrogens is 4. The van der Waals surface area contributed by atoms with E-state index in [1.54, 1.807) is 0 Å². The van der Waals surface area contributed by atoms with Crippen molar-refractivity contribution in [3.05, 3.63) is 41.5 Å². The number of hydrogen-bond acceptors (Lipinski definition) is 5. The Labute approximate surface area is 148 Å². The van der Waals surface area contributed by atoms with Crippen LogP contribution in [0.5, 0.6) is 0 Å². The molecule has 0 saturated carbocycles. The van der Waals surface area contributed by atoms with Gasteiger partial charge in [-0.15, -0.1) is 5.10 Å². The fourth-order valence-corrected chi connectivity index (χ4v) is 3.35. The first-order valence-corrected chi connectivity index (χ1v) is 8.90. The number of halogens is 1.